The summed E-state index contributed by atoms with van der Waals surface area (Å²) in [6.45, 7) is 4.23. The molecule has 0 saturated heterocycles. The van der Waals surface area contributed by atoms with E-state index in [1.54, 1.807) is 36.1 Å². The Bertz CT molecular complexity index is 1210. The van der Waals surface area contributed by atoms with Gasteiger partial charge in [-0.15, -0.1) is 23.1 Å². The molecular weight excluding hydrogens is 476 g/mol. The van der Waals surface area contributed by atoms with Crippen molar-refractivity contribution in [1.29, 1.82) is 5.26 Å². The molecule has 3 rings (SSSR count). The number of fused-ring (bicyclic) bond motifs is 1. The van der Waals surface area contributed by atoms with Crippen molar-refractivity contribution in [2.24, 2.45) is 0 Å². The first-order valence-corrected chi connectivity index (χ1v) is 12.0. The maximum absolute atomic E-state index is 12.8. The standard InChI is InChI=1S/C23H22N4O5S2/c1-13(33-16-5-3-4-15(10-16)25-20(29)6-7-21(30)31)22(32)26-23-18(11-24)17-8-9-27(14(2)28)12-19(17)34-23/h3-7,10,13H,8-9,12H2,1-2H3,(H,25,29)(H,26,32)(H,30,31)/b7-6+. The van der Waals surface area contributed by atoms with Crippen molar-refractivity contribution in [3.63, 3.8) is 0 Å². The summed E-state index contributed by atoms with van der Waals surface area (Å²) >= 11 is 2.60. The quantitative estimate of drug-likeness (QED) is 0.393. The Balaban J connectivity index is 1.66. The van der Waals surface area contributed by atoms with Crippen LogP contribution >= 0.6 is 23.1 Å². The van der Waals surface area contributed by atoms with Crippen molar-refractivity contribution in [3.05, 3.63) is 52.4 Å². The minimum atomic E-state index is -1.22. The predicted octanol–water partition coefficient (Wildman–Crippen LogP) is 3.22. The van der Waals surface area contributed by atoms with Gasteiger partial charge >= 0.3 is 5.97 Å². The number of nitriles is 1. The number of amides is 3. The fourth-order valence-electron chi connectivity index (χ4n) is 3.33. The number of hydrogen-bond acceptors (Lipinski definition) is 7. The maximum atomic E-state index is 12.8. The van der Waals surface area contributed by atoms with Crippen LogP contribution in [-0.4, -0.2) is 45.5 Å². The largest absolute Gasteiger partial charge is 0.478 e. The molecule has 0 bridgehead atoms. The molecule has 2 heterocycles. The van der Waals surface area contributed by atoms with Crippen LogP contribution in [0.25, 0.3) is 0 Å². The van der Waals surface area contributed by atoms with Crippen LogP contribution in [0.1, 0.15) is 29.9 Å². The molecule has 3 N–H and O–H groups in total. The summed E-state index contributed by atoms with van der Waals surface area (Å²) in [6.07, 6.45) is 2.24. The second-order valence-electron chi connectivity index (χ2n) is 7.45. The molecule has 0 spiro atoms. The molecule has 1 aliphatic rings. The average molecular weight is 499 g/mol. The number of thioether (sulfide) groups is 1. The van der Waals surface area contributed by atoms with Gasteiger partial charge in [0.25, 0.3) is 0 Å². The Morgan fingerprint density at radius 3 is 2.71 bits per heavy atom. The normalized spacial score (nSPS) is 13.6. The molecule has 0 aliphatic carbocycles. The summed E-state index contributed by atoms with van der Waals surface area (Å²) in [4.78, 5) is 50.2. The van der Waals surface area contributed by atoms with Gasteiger partial charge in [-0.1, -0.05) is 6.07 Å². The number of carbonyl (C=O) groups excluding carboxylic acids is 3. The van der Waals surface area contributed by atoms with Gasteiger partial charge in [0.15, 0.2) is 0 Å². The van der Waals surface area contributed by atoms with Crippen molar-refractivity contribution in [1.82, 2.24) is 4.90 Å². The minimum absolute atomic E-state index is 0.0236. The SMILES string of the molecule is CC(=O)N1CCc2c(sc(NC(=O)C(C)Sc3cccc(NC(=O)/C=C/C(=O)O)c3)c2C#N)C1. The fraction of sp³-hybridized carbons (Fsp3) is 0.261. The number of carboxylic acid groups (broad SMARTS) is 1. The Hall–Kier alpha value is -3.62. The van der Waals surface area contributed by atoms with Crippen LogP contribution in [-0.2, 0) is 32.1 Å². The van der Waals surface area contributed by atoms with Gasteiger partial charge in [0.1, 0.15) is 11.1 Å². The second-order valence-corrected chi connectivity index (χ2v) is 9.97. The highest BCUT2D eigenvalue weighted by molar-refractivity contribution is 8.00. The summed E-state index contributed by atoms with van der Waals surface area (Å²) in [5, 5.41) is 23.7. The molecule has 176 valence electrons. The zero-order valence-electron chi connectivity index (χ0n) is 18.5. The molecule has 34 heavy (non-hydrogen) atoms. The molecule has 11 heteroatoms. The third-order valence-electron chi connectivity index (χ3n) is 5.01. The van der Waals surface area contributed by atoms with Crippen molar-refractivity contribution in [2.75, 3.05) is 17.2 Å². The number of aliphatic carboxylic acids is 1. The highest BCUT2D eigenvalue weighted by Crippen LogP contribution is 2.37. The number of carboxylic acids is 1. The average Bonchev–Trinajstić information content (AvgIpc) is 3.13. The third-order valence-corrected chi connectivity index (χ3v) is 7.24. The van der Waals surface area contributed by atoms with Crippen LogP contribution in [0.4, 0.5) is 10.7 Å². The van der Waals surface area contributed by atoms with Crippen LogP contribution in [0.15, 0.2) is 41.3 Å². The molecule has 3 amide bonds. The Morgan fingerprint density at radius 1 is 1.26 bits per heavy atom. The molecule has 1 aromatic heterocycles. The van der Waals surface area contributed by atoms with Crippen LogP contribution in [0.3, 0.4) is 0 Å². The number of hydrogen-bond donors (Lipinski definition) is 3. The highest BCUT2D eigenvalue weighted by atomic mass is 32.2. The number of carbonyl (C=O) groups is 4. The van der Waals surface area contributed by atoms with Gasteiger partial charge in [0.05, 0.1) is 17.4 Å². The van der Waals surface area contributed by atoms with Crippen molar-refractivity contribution < 1.29 is 24.3 Å². The van der Waals surface area contributed by atoms with Gasteiger partial charge < -0.3 is 20.6 Å². The Labute approximate surface area is 204 Å². The summed E-state index contributed by atoms with van der Waals surface area (Å²) in [6, 6.07) is 9.03. The monoisotopic (exact) mass is 498 g/mol. The van der Waals surface area contributed by atoms with E-state index in [2.05, 4.69) is 16.7 Å². The van der Waals surface area contributed by atoms with Crippen molar-refractivity contribution >= 4 is 57.5 Å². The lowest BCUT2D eigenvalue weighted by Crippen LogP contribution is -2.33. The van der Waals surface area contributed by atoms with E-state index in [1.807, 2.05) is 0 Å². The molecule has 1 unspecified atom stereocenters. The number of benzene rings is 1. The minimum Gasteiger partial charge on any atom is -0.478 e. The van der Waals surface area contributed by atoms with Gasteiger partial charge in [-0.3, -0.25) is 14.4 Å². The first-order valence-electron chi connectivity index (χ1n) is 10.3. The van der Waals surface area contributed by atoms with Crippen LogP contribution in [0.2, 0.25) is 0 Å². The number of nitrogens with zero attached hydrogens (tertiary/aromatic N) is 2. The smallest absolute Gasteiger partial charge is 0.328 e. The van der Waals surface area contributed by atoms with E-state index in [0.29, 0.717) is 35.8 Å². The number of thiophene rings is 1. The number of nitrogens with one attached hydrogen (secondary N) is 2. The summed E-state index contributed by atoms with van der Waals surface area (Å²) in [5.41, 5.74) is 1.80. The molecule has 0 fully saturated rings. The summed E-state index contributed by atoms with van der Waals surface area (Å²) < 4.78 is 0. The summed E-state index contributed by atoms with van der Waals surface area (Å²) in [7, 11) is 0. The molecule has 9 nitrogen and oxygen atoms in total. The molecule has 1 atom stereocenters. The van der Waals surface area contributed by atoms with Crippen LogP contribution < -0.4 is 10.6 Å². The van der Waals surface area contributed by atoms with Crippen LogP contribution in [0.5, 0.6) is 0 Å². The van der Waals surface area contributed by atoms with E-state index in [1.165, 1.54) is 30.0 Å². The predicted molar refractivity (Wildman–Crippen MR) is 130 cm³/mol. The van der Waals surface area contributed by atoms with Gasteiger partial charge in [0.2, 0.25) is 17.7 Å². The molecule has 1 aliphatic heterocycles. The van der Waals surface area contributed by atoms with Crippen molar-refractivity contribution in [2.45, 2.75) is 37.0 Å². The molecule has 1 aromatic carbocycles. The first kappa shape index (κ1) is 25.0. The molecule has 2 aromatic rings. The number of anilines is 2. The molecule has 0 radical (unpaired) electrons. The van der Waals surface area contributed by atoms with Gasteiger partial charge in [-0.05, 0) is 37.1 Å². The van der Waals surface area contributed by atoms with E-state index in [0.717, 1.165) is 27.5 Å². The zero-order valence-corrected chi connectivity index (χ0v) is 20.1. The molecular formula is C23H22N4O5S2. The topological polar surface area (TPSA) is 140 Å². The molecule has 0 saturated carbocycles. The number of rotatable bonds is 7. The zero-order chi connectivity index (χ0) is 24.8. The van der Waals surface area contributed by atoms with E-state index in [9.17, 15) is 24.4 Å². The maximum Gasteiger partial charge on any atom is 0.328 e. The van der Waals surface area contributed by atoms with Gasteiger partial charge in [-0.2, -0.15) is 5.26 Å². The fourth-order valence-corrected chi connectivity index (χ4v) is 5.47. The first-order chi connectivity index (χ1) is 16.2. The lowest BCUT2D eigenvalue weighted by Gasteiger charge is -2.25. The van der Waals surface area contributed by atoms with Gasteiger partial charge in [0, 0.05) is 41.1 Å². The van der Waals surface area contributed by atoms with E-state index in [-0.39, 0.29) is 11.8 Å². The van der Waals surface area contributed by atoms with E-state index < -0.39 is 17.1 Å². The second kappa shape index (κ2) is 11.0. The lowest BCUT2D eigenvalue weighted by atomic mass is 10.0. The van der Waals surface area contributed by atoms with E-state index >= 15 is 0 Å². The highest BCUT2D eigenvalue weighted by Gasteiger charge is 2.27. The van der Waals surface area contributed by atoms with Crippen LogP contribution in [0, 0.1) is 11.3 Å². The Morgan fingerprint density at radius 2 is 2.03 bits per heavy atom. The lowest BCUT2D eigenvalue weighted by molar-refractivity contribution is -0.132. The Kier molecular flexibility index (Phi) is 8.09. The summed E-state index contributed by atoms with van der Waals surface area (Å²) in [5.74, 6) is -2.10. The van der Waals surface area contributed by atoms with E-state index in [4.69, 9.17) is 5.11 Å². The van der Waals surface area contributed by atoms with Crippen molar-refractivity contribution in [3.8, 4) is 6.07 Å². The third kappa shape index (κ3) is 6.24. The van der Waals surface area contributed by atoms with Gasteiger partial charge in [-0.25, -0.2) is 4.79 Å².